The molecule has 0 aromatic rings. The van der Waals surface area contributed by atoms with Crippen LogP contribution in [0.25, 0.3) is 0 Å². The topological polar surface area (TPSA) is 54.4 Å². The maximum Gasteiger partial charge on any atom is 0.397 e. The molecule has 0 aliphatic heterocycles. The third-order valence-corrected chi connectivity index (χ3v) is 1.02. The molecule has 1 N–H and O–H groups in total. The summed E-state index contributed by atoms with van der Waals surface area (Å²) in [5.74, 6) is 0. The van der Waals surface area contributed by atoms with E-state index in [1.54, 1.807) is 0 Å². The zero-order valence-corrected chi connectivity index (χ0v) is 7.48. The van der Waals surface area contributed by atoms with Crippen molar-refractivity contribution >= 4 is 33.6 Å². The molecule has 0 spiro atoms. The lowest BCUT2D eigenvalue weighted by Crippen LogP contribution is -2.07. The minimum atomic E-state index is -3.97. The minimum Gasteiger partial charge on any atom is -0.288 e. The van der Waals surface area contributed by atoms with Crippen molar-refractivity contribution in [2.45, 2.75) is 6.18 Å². The molecular weight excluding hydrogens is 288 g/mol. The van der Waals surface area contributed by atoms with E-state index in [2.05, 4.69) is 0 Å². The maximum atomic E-state index is 10.8. The Hall–Kier alpha value is 0.430. The first-order valence-corrected chi connectivity index (χ1v) is 4.41. The van der Waals surface area contributed by atoms with Crippen molar-refractivity contribution in [3.63, 3.8) is 0 Å². The molecule has 0 fully saturated rings. The highest BCUT2D eigenvalue weighted by Crippen LogP contribution is 2.16. The van der Waals surface area contributed by atoms with Crippen LogP contribution in [0, 0.1) is 0 Å². The zero-order valence-electron chi connectivity index (χ0n) is 4.43. The first-order chi connectivity index (χ1) is 4.29. The summed E-state index contributed by atoms with van der Waals surface area (Å²) in [5, 5.41) is 0. The quantitative estimate of drug-likeness (QED) is 0.304. The summed E-state index contributed by atoms with van der Waals surface area (Å²) in [4.78, 5) is 0. The van der Waals surface area contributed by atoms with E-state index in [9.17, 15) is 13.2 Å². The lowest BCUT2D eigenvalue weighted by molar-refractivity contribution is -0.102. The van der Waals surface area contributed by atoms with Gasteiger partial charge >= 0.3 is 6.18 Å². The Morgan fingerprint density at radius 1 is 1.40 bits per heavy atom. The van der Waals surface area contributed by atoms with Gasteiger partial charge in [0.2, 0.25) is 0 Å². The zero-order chi connectivity index (χ0) is 8.78. The predicted molar refractivity (Wildman–Crippen MR) is 37.9 cm³/mol. The van der Waals surface area contributed by atoms with Crippen LogP contribution in [0.15, 0.2) is 0 Å². The normalized spacial score (nSPS) is 10.6. The summed E-state index contributed by atoms with van der Waals surface area (Å²) in [7, 11) is -3.12. The summed E-state index contributed by atoms with van der Waals surface area (Å²) in [6.07, 6.45) is -3.97. The molecule has 0 aliphatic carbocycles. The van der Waals surface area contributed by atoms with Gasteiger partial charge in [-0.15, -0.1) is 0 Å². The Morgan fingerprint density at radius 2 is 1.50 bits per heavy atom. The van der Waals surface area contributed by atoms with Gasteiger partial charge < -0.3 is 0 Å². The van der Waals surface area contributed by atoms with E-state index in [1.807, 2.05) is 0 Å². The molecule has 0 heterocycles. The Bertz CT molecular complexity index is 133. The number of hydrogen-bond acceptors (Lipinski definition) is 2. The first-order valence-electron chi connectivity index (χ1n) is 1.75. The molecule has 0 unspecified atom stereocenters. The molecule has 0 aromatic heterocycles. The fraction of sp³-hybridized carbons (Fsp3) is 1.00. The van der Waals surface area contributed by atoms with Crippen LogP contribution in [-0.2, 0) is 11.0 Å². The molecule has 0 bridgehead atoms. The average Bonchev–Trinajstić information content (AvgIpc) is 1.63. The second-order valence-electron chi connectivity index (χ2n) is 0.987. The van der Waals surface area contributed by atoms with Gasteiger partial charge in [0.1, 0.15) is 0 Å². The molecule has 3 nitrogen and oxygen atoms in total. The van der Waals surface area contributed by atoms with Crippen molar-refractivity contribution < 1.29 is 26.1 Å². The third kappa shape index (κ3) is 39.6. The second-order valence-corrected chi connectivity index (χ2v) is 2.23. The number of halogens is 4. The SMILES string of the molecule is FC(F)(F)CI.O=[SH](=O)O. The van der Waals surface area contributed by atoms with Crippen molar-refractivity contribution in [3.05, 3.63) is 0 Å². The van der Waals surface area contributed by atoms with Crippen LogP contribution in [0.2, 0.25) is 0 Å². The van der Waals surface area contributed by atoms with E-state index in [0.29, 0.717) is 0 Å². The molecule has 0 radical (unpaired) electrons. The van der Waals surface area contributed by atoms with Gasteiger partial charge in [-0.05, 0) is 0 Å². The fourth-order valence-corrected chi connectivity index (χ4v) is 0. The molecule has 64 valence electrons. The molecule has 8 heteroatoms. The molecule has 0 saturated carbocycles. The van der Waals surface area contributed by atoms with Gasteiger partial charge in [-0.3, -0.25) is 4.55 Å². The number of thiol groups is 1. The van der Waals surface area contributed by atoms with Gasteiger partial charge in [-0.25, -0.2) is 8.42 Å². The molecule has 0 rings (SSSR count). The number of rotatable bonds is 0. The van der Waals surface area contributed by atoms with Crippen molar-refractivity contribution in [3.8, 4) is 0 Å². The summed E-state index contributed by atoms with van der Waals surface area (Å²) in [6, 6.07) is 0. The van der Waals surface area contributed by atoms with Gasteiger partial charge in [-0.2, -0.15) is 13.2 Å². The van der Waals surface area contributed by atoms with E-state index < -0.39 is 21.6 Å². The largest absolute Gasteiger partial charge is 0.397 e. The highest BCUT2D eigenvalue weighted by Gasteiger charge is 2.23. The molecule has 0 aromatic carbocycles. The van der Waals surface area contributed by atoms with Crippen LogP contribution in [0.1, 0.15) is 0 Å². The lowest BCUT2D eigenvalue weighted by atomic mass is 10.8. The van der Waals surface area contributed by atoms with Crippen molar-refractivity contribution in [2.24, 2.45) is 0 Å². The van der Waals surface area contributed by atoms with E-state index in [1.165, 1.54) is 22.6 Å². The molecule has 0 atom stereocenters. The Kier molecular flexibility index (Phi) is 8.04. The van der Waals surface area contributed by atoms with Crippen LogP contribution in [0.3, 0.4) is 0 Å². The first kappa shape index (κ1) is 13.1. The Morgan fingerprint density at radius 3 is 1.50 bits per heavy atom. The van der Waals surface area contributed by atoms with Crippen molar-refractivity contribution in [2.75, 3.05) is 4.43 Å². The van der Waals surface area contributed by atoms with Crippen LogP contribution in [0.5, 0.6) is 0 Å². The van der Waals surface area contributed by atoms with Gasteiger partial charge in [-0.1, -0.05) is 22.6 Å². The smallest absolute Gasteiger partial charge is 0.288 e. The molecule has 10 heavy (non-hydrogen) atoms. The van der Waals surface area contributed by atoms with Crippen LogP contribution >= 0.6 is 22.6 Å². The highest BCUT2D eigenvalue weighted by molar-refractivity contribution is 14.1. The van der Waals surface area contributed by atoms with Crippen molar-refractivity contribution in [1.29, 1.82) is 0 Å². The summed E-state index contributed by atoms with van der Waals surface area (Å²) in [6.45, 7) is 0. The summed E-state index contributed by atoms with van der Waals surface area (Å²) in [5.41, 5.74) is 0. The Balaban J connectivity index is 0. The lowest BCUT2D eigenvalue weighted by Gasteiger charge is -1.95. The molecular formula is C2H4F3IO3S. The van der Waals surface area contributed by atoms with E-state index in [-0.39, 0.29) is 0 Å². The third-order valence-electron chi connectivity index (χ3n) is 0.152. The summed E-state index contributed by atoms with van der Waals surface area (Å²) < 4.78 is 55.8. The maximum absolute atomic E-state index is 10.8. The van der Waals surface area contributed by atoms with Crippen LogP contribution < -0.4 is 0 Å². The predicted octanol–water partition coefficient (Wildman–Crippen LogP) is 1.05. The van der Waals surface area contributed by atoms with E-state index in [0.717, 1.165) is 0 Å². The monoisotopic (exact) mass is 292 g/mol. The van der Waals surface area contributed by atoms with E-state index in [4.69, 9.17) is 13.0 Å². The standard InChI is InChI=1S/C2H2F3I.H2O3S/c3-2(4,5)1-6;1-4(2)3/h1H2;4H,(H,1,2,3). The summed E-state index contributed by atoms with van der Waals surface area (Å²) >= 11 is 1.27. The fourth-order valence-electron chi connectivity index (χ4n) is 0. The molecule has 0 amide bonds. The van der Waals surface area contributed by atoms with Crippen LogP contribution in [0.4, 0.5) is 13.2 Å². The minimum absolute atomic E-state index is 0.759. The van der Waals surface area contributed by atoms with Crippen molar-refractivity contribution in [1.82, 2.24) is 0 Å². The second kappa shape index (κ2) is 6.16. The molecule has 0 saturated heterocycles. The van der Waals surface area contributed by atoms with Gasteiger partial charge in [0, 0.05) is 0 Å². The van der Waals surface area contributed by atoms with Crippen LogP contribution in [-0.4, -0.2) is 23.6 Å². The van der Waals surface area contributed by atoms with E-state index >= 15 is 0 Å². The van der Waals surface area contributed by atoms with Gasteiger partial charge in [0.25, 0.3) is 11.0 Å². The number of alkyl halides is 4. The average molecular weight is 292 g/mol. The molecule has 0 aliphatic rings. The Labute approximate surface area is 70.5 Å². The number of hydrogen-bond donors (Lipinski definition) is 2. The van der Waals surface area contributed by atoms with Gasteiger partial charge in [0.15, 0.2) is 0 Å². The van der Waals surface area contributed by atoms with Gasteiger partial charge in [0.05, 0.1) is 4.43 Å². The highest BCUT2D eigenvalue weighted by atomic mass is 127.